The Hall–Kier alpha value is -2.93. The molecule has 0 spiro atoms. The number of benzene rings is 2. The average molecular weight is 386 g/mol. The van der Waals surface area contributed by atoms with Gasteiger partial charge in [-0.3, -0.25) is 9.69 Å². The quantitative estimate of drug-likeness (QED) is 0.704. The van der Waals surface area contributed by atoms with Crippen LogP contribution in [0.2, 0.25) is 0 Å². The zero-order valence-corrected chi connectivity index (χ0v) is 16.9. The lowest BCUT2D eigenvalue weighted by molar-refractivity contribution is -0.116. The van der Waals surface area contributed by atoms with Crippen LogP contribution in [0.5, 0.6) is 23.0 Å². The van der Waals surface area contributed by atoms with Crippen molar-refractivity contribution in [1.82, 2.24) is 4.90 Å². The van der Waals surface area contributed by atoms with E-state index in [1.807, 2.05) is 31.2 Å². The molecule has 2 unspecified atom stereocenters. The summed E-state index contributed by atoms with van der Waals surface area (Å²) in [5, 5.41) is 2.99. The zero-order valence-electron chi connectivity index (χ0n) is 16.9. The molecule has 1 N–H and O–H groups in total. The van der Waals surface area contributed by atoms with Gasteiger partial charge >= 0.3 is 0 Å². The van der Waals surface area contributed by atoms with Crippen molar-refractivity contribution in [3.63, 3.8) is 0 Å². The molecule has 1 aliphatic rings. The van der Waals surface area contributed by atoms with Gasteiger partial charge in [0.15, 0.2) is 11.5 Å². The van der Waals surface area contributed by atoms with E-state index in [1.54, 1.807) is 34.5 Å². The number of methoxy groups -OCH3 is 4. The molecular formula is C21H26N2O5. The van der Waals surface area contributed by atoms with Gasteiger partial charge in [0, 0.05) is 30.9 Å². The molecule has 2 aromatic carbocycles. The van der Waals surface area contributed by atoms with E-state index in [0.29, 0.717) is 24.6 Å². The molecule has 3 rings (SSSR count). The Kier molecular flexibility index (Phi) is 5.94. The van der Waals surface area contributed by atoms with E-state index in [1.165, 1.54) is 0 Å². The highest BCUT2D eigenvalue weighted by atomic mass is 16.5. The molecule has 150 valence electrons. The molecule has 0 aliphatic carbocycles. The molecular weight excluding hydrogens is 360 g/mol. The molecule has 7 heteroatoms. The van der Waals surface area contributed by atoms with Crippen LogP contribution in [0.3, 0.4) is 0 Å². The van der Waals surface area contributed by atoms with Crippen molar-refractivity contribution in [3.8, 4) is 23.0 Å². The van der Waals surface area contributed by atoms with Crippen LogP contribution in [0.4, 0.5) is 5.69 Å². The van der Waals surface area contributed by atoms with Crippen LogP contribution >= 0.6 is 0 Å². The minimum Gasteiger partial charge on any atom is -0.497 e. The third-order valence-electron chi connectivity index (χ3n) is 4.80. The molecule has 2 atom stereocenters. The first-order valence-electron chi connectivity index (χ1n) is 8.98. The summed E-state index contributed by atoms with van der Waals surface area (Å²) in [5.74, 6) is 2.65. The number of hydrogen-bond acceptors (Lipinski definition) is 6. The normalized spacial score (nSPS) is 17.6. The molecule has 0 radical (unpaired) electrons. The second kappa shape index (κ2) is 8.39. The third kappa shape index (κ3) is 4.31. The minimum atomic E-state index is -0.162. The van der Waals surface area contributed by atoms with Gasteiger partial charge in [0.2, 0.25) is 5.91 Å². The number of carbonyl (C=O) groups excluding carboxylic acids is 1. The maximum Gasteiger partial charge on any atom is 0.243 e. The van der Waals surface area contributed by atoms with Crippen LogP contribution in [0.25, 0.3) is 0 Å². The summed E-state index contributed by atoms with van der Waals surface area (Å²) in [6.45, 7) is 3.28. The van der Waals surface area contributed by atoms with Crippen LogP contribution in [-0.4, -0.2) is 51.8 Å². The van der Waals surface area contributed by atoms with Crippen molar-refractivity contribution >= 4 is 11.6 Å². The van der Waals surface area contributed by atoms with Crippen molar-refractivity contribution in [2.24, 2.45) is 0 Å². The first-order valence-corrected chi connectivity index (χ1v) is 8.98. The summed E-state index contributed by atoms with van der Waals surface area (Å²) >= 11 is 0. The van der Waals surface area contributed by atoms with Gasteiger partial charge in [0.05, 0.1) is 28.4 Å². The van der Waals surface area contributed by atoms with Crippen molar-refractivity contribution in [2.75, 3.05) is 40.3 Å². The number of nitrogens with one attached hydrogen (secondary N) is 1. The first kappa shape index (κ1) is 19.8. The summed E-state index contributed by atoms with van der Waals surface area (Å²) in [6.07, 6.45) is 0. The Morgan fingerprint density at radius 3 is 2.14 bits per heavy atom. The van der Waals surface area contributed by atoms with Gasteiger partial charge in [-0.05, 0) is 36.2 Å². The van der Waals surface area contributed by atoms with Gasteiger partial charge in [-0.25, -0.2) is 0 Å². The topological polar surface area (TPSA) is 69.0 Å². The van der Waals surface area contributed by atoms with E-state index in [2.05, 4.69) is 10.2 Å². The van der Waals surface area contributed by atoms with Crippen molar-refractivity contribution in [2.45, 2.75) is 19.5 Å². The SMILES string of the molecule is COc1cc(CN2CC2C(=O)Nc2cc(OC)c(OC)cc2C)cc(OC)c1. The molecule has 0 saturated carbocycles. The van der Waals surface area contributed by atoms with E-state index in [0.717, 1.165) is 28.3 Å². The van der Waals surface area contributed by atoms with Gasteiger partial charge in [-0.15, -0.1) is 0 Å². The molecule has 1 aliphatic heterocycles. The molecule has 1 saturated heterocycles. The fourth-order valence-corrected chi connectivity index (χ4v) is 3.12. The highest BCUT2D eigenvalue weighted by Gasteiger charge is 2.40. The summed E-state index contributed by atoms with van der Waals surface area (Å²) in [6, 6.07) is 9.20. The van der Waals surface area contributed by atoms with Crippen LogP contribution in [0.15, 0.2) is 30.3 Å². The predicted molar refractivity (Wildman–Crippen MR) is 107 cm³/mol. The monoisotopic (exact) mass is 386 g/mol. The van der Waals surface area contributed by atoms with Crippen molar-refractivity contribution < 1.29 is 23.7 Å². The van der Waals surface area contributed by atoms with Crippen LogP contribution < -0.4 is 24.3 Å². The maximum atomic E-state index is 12.7. The molecule has 1 fully saturated rings. The third-order valence-corrected chi connectivity index (χ3v) is 4.80. The summed E-state index contributed by atoms with van der Waals surface area (Å²) in [4.78, 5) is 14.7. The lowest BCUT2D eigenvalue weighted by Gasteiger charge is -2.14. The van der Waals surface area contributed by atoms with E-state index < -0.39 is 0 Å². The number of amides is 1. The number of carbonyl (C=O) groups is 1. The van der Waals surface area contributed by atoms with Gasteiger partial charge in [-0.1, -0.05) is 0 Å². The van der Waals surface area contributed by atoms with E-state index in [4.69, 9.17) is 18.9 Å². The largest absolute Gasteiger partial charge is 0.497 e. The Morgan fingerprint density at radius 2 is 1.57 bits per heavy atom. The number of anilines is 1. The highest BCUT2D eigenvalue weighted by molar-refractivity contribution is 5.97. The molecule has 7 nitrogen and oxygen atoms in total. The molecule has 1 amide bonds. The summed E-state index contributed by atoms with van der Waals surface area (Å²) in [5.41, 5.74) is 2.67. The van der Waals surface area contributed by atoms with E-state index >= 15 is 0 Å². The second-order valence-corrected chi connectivity index (χ2v) is 6.68. The van der Waals surface area contributed by atoms with Crippen LogP contribution in [0.1, 0.15) is 11.1 Å². The Bertz CT molecular complexity index is 846. The van der Waals surface area contributed by atoms with E-state index in [9.17, 15) is 4.79 Å². The highest BCUT2D eigenvalue weighted by Crippen LogP contribution is 2.34. The standard InChI is InChI=1S/C21H26N2O5/c1-13-6-19(27-4)20(28-5)10-17(13)22-21(24)18-12-23(18)11-14-7-15(25-2)9-16(8-14)26-3/h6-10,18H,11-12H2,1-5H3,(H,22,24). The molecule has 0 aromatic heterocycles. The maximum absolute atomic E-state index is 12.7. The summed E-state index contributed by atoms with van der Waals surface area (Å²) < 4.78 is 21.2. The Morgan fingerprint density at radius 1 is 0.964 bits per heavy atom. The number of nitrogens with zero attached hydrogens (tertiary/aromatic N) is 1. The number of ether oxygens (including phenoxy) is 4. The summed E-state index contributed by atoms with van der Waals surface area (Å²) in [7, 11) is 6.41. The Labute approximate surface area is 165 Å². The van der Waals surface area contributed by atoms with Gasteiger partial charge in [0.1, 0.15) is 17.5 Å². The molecule has 28 heavy (non-hydrogen) atoms. The Balaban J connectivity index is 1.65. The van der Waals surface area contributed by atoms with Gasteiger partial charge in [-0.2, -0.15) is 0 Å². The fraction of sp³-hybridized carbons (Fsp3) is 0.381. The van der Waals surface area contributed by atoms with Crippen LogP contribution in [-0.2, 0) is 11.3 Å². The number of hydrogen-bond donors (Lipinski definition) is 1. The average Bonchev–Trinajstić information content (AvgIpc) is 3.47. The van der Waals surface area contributed by atoms with Crippen molar-refractivity contribution in [3.05, 3.63) is 41.5 Å². The minimum absolute atomic E-state index is 0.0369. The smallest absolute Gasteiger partial charge is 0.243 e. The number of aryl methyl sites for hydroxylation is 1. The fourth-order valence-electron chi connectivity index (χ4n) is 3.12. The first-order chi connectivity index (χ1) is 13.5. The van der Waals surface area contributed by atoms with E-state index in [-0.39, 0.29) is 11.9 Å². The predicted octanol–water partition coefficient (Wildman–Crippen LogP) is 2.85. The lowest BCUT2D eigenvalue weighted by atomic mass is 10.1. The van der Waals surface area contributed by atoms with Crippen LogP contribution in [0, 0.1) is 6.92 Å². The molecule has 2 aromatic rings. The second-order valence-electron chi connectivity index (χ2n) is 6.68. The van der Waals surface area contributed by atoms with Gasteiger partial charge in [0.25, 0.3) is 0 Å². The molecule has 0 bridgehead atoms. The van der Waals surface area contributed by atoms with Crippen molar-refractivity contribution in [1.29, 1.82) is 0 Å². The number of rotatable bonds is 8. The zero-order chi connectivity index (χ0) is 20.3. The van der Waals surface area contributed by atoms with Gasteiger partial charge < -0.3 is 24.3 Å². The lowest BCUT2D eigenvalue weighted by Crippen LogP contribution is -2.22. The molecule has 1 heterocycles.